The van der Waals surface area contributed by atoms with Crippen LogP contribution >= 0.6 is 0 Å². The van der Waals surface area contributed by atoms with Crippen LogP contribution in [0.1, 0.15) is 31.0 Å². The van der Waals surface area contributed by atoms with Gasteiger partial charge in [-0.3, -0.25) is 0 Å². The van der Waals surface area contributed by atoms with Crippen LogP contribution in [0.25, 0.3) is 0 Å². The molecule has 0 spiro atoms. The molecule has 0 saturated carbocycles. The van der Waals surface area contributed by atoms with E-state index in [1.165, 1.54) is 5.56 Å². The van der Waals surface area contributed by atoms with Gasteiger partial charge in [0.25, 0.3) is 0 Å². The van der Waals surface area contributed by atoms with Crippen molar-refractivity contribution in [3.05, 3.63) is 53.7 Å². The van der Waals surface area contributed by atoms with E-state index in [0.29, 0.717) is 6.61 Å². The van der Waals surface area contributed by atoms with Crippen molar-refractivity contribution in [2.24, 2.45) is 0 Å². The second-order valence-corrected chi connectivity index (χ2v) is 6.37. The molecule has 1 N–H and O–H groups in total. The molecular weight excluding hydrogens is 300 g/mol. The van der Waals surface area contributed by atoms with Crippen molar-refractivity contribution in [3.63, 3.8) is 0 Å². The zero-order valence-electron chi connectivity index (χ0n) is 14.5. The number of aryl methyl sites for hydroxylation is 1. The van der Waals surface area contributed by atoms with Gasteiger partial charge in [0.15, 0.2) is 0 Å². The number of rotatable bonds is 6. The van der Waals surface area contributed by atoms with Crippen molar-refractivity contribution in [3.8, 4) is 5.75 Å². The van der Waals surface area contributed by atoms with Gasteiger partial charge in [0.2, 0.25) is 0 Å². The lowest BCUT2D eigenvalue weighted by atomic mass is 9.74. The molecule has 0 atom stereocenters. The van der Waals surface area contributed by atoms with Crippen LogP contribution in [0, 0.1) is 6.92 Å². The molecule has 128 valence electrons. The standard InChI is InChI=1S/C20H26N2O2/c1-3-24-18-9-7-17(8-10-18)20(11-13-23-14-12-20)15-21-19-6-4-5-16(2)22-19/h4-10H,3,11-15H2,1-2H3,(H,21,22). The van der Waals surface area contributed by atoms with Gasteiger partial charge in [0, 0.05) is 30.9 Å². The molecule has 1 aromatic heterocycles. The topological polar surface area (TPSA) is 43.4 Å². The van der Waals surface area contributed by atoms with Crippen molar-refractivity contribution in [1.82, 2.24) is 4.98 Å². The first-order valence-electron chi connectivity index (χ1n) is 8.70. The van der Waals surface area contributed by atoms with E-state index >= 15 is 0 Å². The number of hydrogen-bond donors (Lipinski definition) is 1. The van der Waals surface area contributed by atoms with Crippen LogP contribution in [-0.4, -0.2) is 31.3 Å². The zero-order valence-corrected chi connectivity index (χ0v) is 14.5. The Balaban J connectivity index is 1.79. The van der Waals surface area contributed by atoms with Gasteiger partial charge < -0.3 is 14.8 Å². The van der Waals surface area contributed by atoms with Gasteiger partial charge in [-0.1, -0.05) is 18.2 Å². The minimum absolute atomic E-state index is 0.0778. The fourth-order valence-electron chi connectivity index (χ4n) is 3.30. The summed E-state index contributed by atoms with van der Waals surface area (Å²) in [5.74, 6) is 1.86. The first-order valence-corrected chi connectivity index (χ1v) is 8.70. The average molecular weight is 326 g/mol. The summed E-state index contributed by atoms with van der Waals surface area (Å²) in [4.78, 5) is 4.56. The molecule has 0 amide bonds. The smallest absolute Gasteiger partial charge is 0.126 e. The number of anilines is 1. The van der Waals surface area contributed by atoms with Gasteiger partial charge >= 0.3 is 0 Å². The van der Waals surface area contributed by atoms with Gasteiger partial charge in [-0.2, -0.15) is 0 Å². The number of aromatic nitrogens is 1. The van der Waals surface area contributed by atoms with Crippen LogP contribution in [-0.2, 0) is 10.2 Å². The highest BCUT2D eigenvalue weighted by molar-refractivity contribution is 5.39. The Hall–Kier alpha value is -2.07. The second kappa shape index (κ2) is 7.67. The molecule has 2 heterocycles. The predicted molar refractivity (Wildman–Crippen MR) is 96.8 cm³/mol. The van der Waals surface area contributed by atoms with Crippen molar-refractivity contribution in [1.29, 1.82) is 0 Å². The highest BCUT2D eigenvalue weighted by Crippen LogP contribution is 2.36. The Morgan fingerprint density at radius 2 is 1.88 bits per heavy atom. The van der Waals surface area contributed by atoms with Gasteiger partial charge in [-0.05, 0) is 56.5 Å². The molecule has 0 bridgehead atoms. The van der Waals surface area contributed by atoms with Crippen LogP contribution in [0.4, 0.5) is 5.82 Å². The average Bonchev–Trinajstić information content (AvgIpc) is 2.62. The zero-order chi connectivity index (χ0) is 16.8. The number of nitrogens with one attached hydrogen (secondary N) is 1. The molecule has 0 aliphatic carbocycles. The Bertz CT molecular complexity index is 649. The van der Waals surface area contributed by atoms with Gasteiger partial charge in [0.05, 0.1) is 6.61 Å². The third kappa shape index (κ3) is 3.88. The summed E-state index contributed by atoms with van der Waals surface area (Å²) in [6.07, 6.45) is 2.03. The van der Waals surface area contributed by atoms with Crippen LogP contribution in [0.2, 0.25) is 0 Å². The number of pyridine rings is 1. The largest absolute Gasteiger partial charge is 0.494 e. The number of nitrogens with zero attached hydrogens (tertiary/aromatic N) is 1. The fraction of sp³-hybridized carbons (Fsp3) is 0.450. The third-order valence-electron chi connectivity index (χ3n) is 4.72. The minimum atomic E-state index is 0.0778. The molecule has 24 heavy (non-hydrogen) atoms. The lowest BCUT2D eigenvalue weighted by molar-refractivity contribution is 0.0543. The first-order chi connectivity index (χ1) is 11.7. The quantitative estimate of drug-likeness (QED) is 0.873. The molecule has 1 aromatic carbocycles. The molecule has 3 rings (SSSR count). The number of benzene rings is 1. The SMILES string of the molecule is CCOc1ccc(C2(CNc3cccc(C)n3)CCOCC2)cc1. The fourth-order valence-corrected chi connectivity index (χ4v) is 3.30. The molecule has 4 nitrogen and oxygen atoms in total. The van der Waals surface area contributed by atoms with E-state index < -0.39 is 0 Å². The second-order valence-electron chi connectivity index (χ2n) is 6.37. The molecular formula is C20H26N2O2. The van der Waals surface area contributed by atoms with E-state index in [2.05, 4.69) is 34.6 Å². The predicted octanol–water partition coefficient (Wildman–Crippen LogP) is 3.95. The van der Waals surface area contributed by atoms with Crippen molar-refractivity contribution in [2.75, 3.05) is 31.7 Å². The van der Waals surface area contributed by atoms with Crippen LogP contribution in [0.5, 0.6) is 5.75 Å². The maximum atomic E-state index is 5.61. The van der Waals surface area contributed by atoms with Crippen molar-refractivity contribution >= 4 is 5.82 Å². The minimum Gasteiger partial charge on any atom is -0.494 e. The Morgan fingerprint density at radius 3 is 2.54 bits per heavy atom. The molecule has 1 aliphatic rings. The third-order valence-corrected chi connectivity index (χ3v) is 4.72. The lowest BCUT2D eigenvalue weighted by Crippen LogP contribution is -2.40. The molecule has 0 unspecified atom stereocenters. The summed E-state index contributed by atoms with van der Waals surface area (Å²) in [6, 6.07) is 14.6. The molecule has 2 aromatic rings. The van der Waals surface area contributed by atoms with Gasteiger partial charge in [-0.15, -0.1) is 0 Å². The normalized spacial score (nSPS) is 16.6. The monoisotopic (exact) mass is 326 g/mol. The van der Waals surface area contributed by atoms with E-state index in [9.17, 15) is 0 Å². The number of hydrogen-bond acceptors (Lipinski definition) is 4. The van der Waals surface area contributed by atoms with E-state index in [-0.39, 0.29) is 5.41 Å². The summed E-state index contributed by atoms with van der Waals surface area (Å²) >= 11 is 0. The summed E-state index contributed by atoms with van der Waals surface area (Å²) in [7, 11) is 0. The van der Waals surface area contributed by atoms with Crippen molar-refractivity contribution in [2.45, 2.75) is 32.1 Å². The molecule has 1 saturated heterocycles. The van der Waals surface area contributed by atoms with Crippen LogP contribution in [0.3, 0.4) is 0 Å². The Morgan fingerprint density at radius 1 is 1.12 bits per heavy atom. The molecule has 0 radical (unpaired) electrons. The van der Waals surface area contributed by atoms with Gasteiger partial charge in [-0.25, -0.2) is 4.98 Å². The van der Waals surface area contributed by atoms with Crippen LogP contribution < -0.4 is 10.1 Å². The van der Waals surface area contributed by atoms with Gasteiger partial charge in [0.1, 0.15) is 11.6 Å². The Kier molecular flexibility index (Phi) is 5.36. The lowest BCUT2D eigenvalue weighted by Gasteiger charge is -2.38. The molecule has 1 aliphatic heterocycles. The summed E-state index contributed by atoms with van der Waals surface area (Å²) in [6.45, 7) is 7.18. The van der Waals surface area contributed by atoms with E-state index in [1.54, 1.807) is 0 Å². The van der Waals surface area contributed by atoms with Crippen molar-refractivity contribution < 1.29 is 9.47 Å². The van der Waals surface area contributed by atoms with E-state index in [0.717, 1.165) is 49.9 Å². The number of ether oxygens (including phenoxy) is 2. The van der Waals surface area contributed by atoms with E-state index in [1.807, 2.05) is 32.0 Å². The molecule has 1 fully saturated rings. The highest BCUT2D eigenvalue weighted by atomic mass is 16.5. The molecule has 4 heteroatoms. The first kappa shape index (κ1) is 16.8. The maximum Gasteiger partial charge on any atom is 0.126 e. The highest BCUT2D eigenvalue weighted by Gasteiger charge is 2.34. The van der Waals surface area contributed by atoms with Crippen LogP contribution in [0.15, 0.2) is 42.5 Å². The summed E-state index contributed by atoms with van der Waals surface area (Å²) in [5.41, 5.74) is 2.45. The summed E-state index contributed by atoms with van der Waals surface area (Å²) in [5, 5.41) is 3.54. The Labute approximate surface area is 144 Å². The maximum absolute atomic E-state index is 5.61. The summed E-state index contributed by atoms with van der Waals surface area (Å²) < 4.78 is 11.2. The van der Waals surface area contributed by atoms with E-state index in [4.69, 9.17) is 9.47 Å².